The van der Waals surface area contributed by atoms with Crippen LogP contribution in [0.15, 0.2) is 24.3 Å². The van der Waals surface area contributed by atoms with Gasteiger partial charge in [0, 0.05) is 12.0 Å². The average Bonchev–Trinajstić information content (AvgIpc) is 2.47. The molecule has 1 rings (SSSR count). The van der Waals surface area contributed by atoms with Gasteiger partial charge >= 0.3 is 0 Å². The Balaban J connectivity index is 2.88. The Morgan fingerprint density at radius 1 is 1.26 bits per heavy atom. The van der Waals surface area contributed by atoms with Crippen LogP contribution in [0.25, 0.3) is 0 Å². The largest absolute Gasteiger partial charge is 0.272 e. The first kappa shape index (κ1) is 18.7. The number of carbonyl (C=O) groups is 2. The minimum absolute atomic E-state index is 0.0169. The van der Waals surface area contributed by atoms with Crippen LogP contribution in [-0.2, 0) is 4.79 Å². The molecule has 0 saturated heterocycles. The molecule has 124 valence electrons. The molecule has 5 heteroatoms. The van der Waals surface area contributed by atoms with E-state index in [1.54, 1.807) is 20.8 Å². The van der Waals surface area contributed by atoms with Crippen molar-refractivity contribution >= 4 is 11.8 Å². The SMILES string of the molecule is CCCC#CCC(=O)NN(C(=O)c1cccc(F)c1)C(C)(C)C. The van der Waals surface area contributed by atoms with Gasteiger partial charge in [-0.3, -0.25) is 15.0 Å². The number of nitrogens with one attached hydrogen (secondary N) is 1. The summed E-state index contributed by atoms with van der Waals surface area (Å²) in [5, 5.41) is 1.21. The third-order valence-corrected chi connectivity index (χ3v) is 2.93. The summed E-state index contributed by atoms with van der Waals surface area (Å²) in [6.07, 6.45) is 1.68. The van der Waals surface area contributed by atoms with Crippen molar-refractivity contribution in [1.82, 2.24) is 10.4 Å². The number of benzene rings is 1. The zero-order chi connectivity index (χ0) is 17.5. The molecule has 0 heterocycles. The summed E-state index contributed by atoms with van der Waals surface area (Å²) in [5.41, 5.74) is 2.09. The smallest absolute Gasteiger partial charge is 0.272 e. The van der Waals surface area contributed by atoms with Gasteiger partial charge in [0.25, 0.3) is 11.8 Å². The molecular formula is C18H23FN2O2. The molecule has 1 N–H and O–H groups in total. The van der Waals surface area contributed by atoms with Gasteiger partial charge in [-0.25, -0.2) is 9.40 Å². The number of hydrogen-bond donors (Lipinski definition) is 1. The molecule has 0 aliphatic heterocycles. The Morgan fingerprint density at radius 3 is 2.52 bits per heavy atom. The monoisotopic (exact) mass is 318 g/mol. The standard InChI is InChI=1S/C18H23FN2O2/c1-5-6-7-8-12-16(22)20-21(18(2,3)4)17(23)14-10-9-11-15(19)13-14/h9-11,13H,5-6,12H2,1-4H3,(H,20,22). The molecule has 1 aromatic rings. The number of halogens is 1. The fourth-order valence-corrected chi connectivity index (χ4v) is 1.79. The van der Waals surface area contributed by atoms with Crippen LogP contribution in [0.2, 0.25) is 0 Å². The van der Waals surface area contributed by atoms with E-state index in [4.69, 9.17) is 0 Å². The van der Waals surface area contributed by atoms with Crippen molar-refractivity contribution in [2.45, 2.75) is 52.5 Å². The number of amides is 2. The first-order valence-electron chi connectivity index (χ1n) is 7.61. The molecule has 0 saturated carbocycles. The maximum Gasteiger partial charge on any atom is 0.272 e. The molecule has 0 spiro atoms. The van der Waals surface area contributed by atoms with E-state index in [1.165, 1.54) is 23.2 Å². The Morgan fingerprint density at radius 2 is 1.96 bits per heavy atom. The third kappa shape index (κ3) is 6.11. The molecule has 4 nitrogen and oxygen atoms in total. The molecule has 2 amide bonds. The fourth-order valence-electron chi connectivity index (χ4n) is 1.79. The summed E-state index contributed by atoms with van der Waals surface area (Å²) in [6.45, 7) is 7.36. The molecule has 0 aliphatic carbocycles. The van der Waals surface area contributed by atoms with Crippen molar-refractivity contribution in [3.63, 3.8) is 0 Å². The lowest BCUT2D eigenvalue weighted by atomic mass is 10.1. The zero-order valence-electron chi connectivity index (χ0n) is 14.1. The van der Waals surface area contributed by atoms with Crippen molar-refractivity contribution in [3.05, 3.63) is 35.6 Å². The summed E-state index contributed by atoms with van der Waals surface area (Å²) in [7, 11) is 0. The second kappa shape index (κ2) is 8.33. The van der Waals surface area contributed by atoms with Gasteiger partial charge in [-0.1, -0.05) is 18.9 Å². The van der Waals surface area contributed by atoms with E-state index < -0.39 is 17.3 Å². The lowest BCUT2D eigenvalue weighted by Crippen LogP contribution is -2.55. The van der Waals surface area contributed by atoms with Crippen molar-refractivity contribution in [2.24, 2.45) is 0 Å². The van der Waals surface area contributed by atoms with Crippen LogP contribution in [0.3, 0.4) is 0 Å². The van der Waals surface area contributed by atoms with Crippen LogP contribution in [0, 0.1) is 17.7 Å². The number of unbranched alkanes of at least 4 members (excludes halogenated alkanes) is 1. The normalized spacial score (nSPS) is 10.5. The summed E-state index contributed by atoms with van der Waals surface area (Å²) in [4.78, 5) is 24.5. The van der Waals surface area contributed by atoms with E-state index >= 15 is 0 Å². The molecule has 0 fully saturated rings. The zero-order valence-corrected chi connectivity index (χ0v) is 14.1. The molecule has 0 unspecified atom stereocenters. The molecule has 1 aromatic carbocycles. The Bertz CT molecular complexity index is 624. The van der Waals surface area contributed by atoms with Gasteiger partial charge in [0.15, 0.2) is 0 Å². The molecule has 0 radical (unpaired) electrons. The summed E-state index contributed by atoms with van der Waals surface area (Å²) in [5.74, 6) is 4.32. The Kier molecular flexibility index (Phi) is 6.77. The van der Waals surface area contributed by atoms with Gasteiger partial charge in [0.1, 0.15) is 5.82 Å². The van der Waals surface area contributed by atoms with Crippen LogP contribution in [0.4, 0.5) is 4.39 Å². The van der Waals surface area contributed by atoms with Crippen molar-refractivity contribution in [2.75, 3.05) is 0 Å². The maximum atomic E-state index is 13.3. The molecule has 0 aliphatic rings. The highest BCUT2D eigenvalue weighted by Gasteiger charge is 2.29. The molecule has 0 atom stereocenters. The lowest BCUT2D eigenvalue weighted by molar-refractivity contribution is -0.125. The van der Waals surface area contributed by atoms with E-state index in [2.05, 4.69) is 17.3 Å². The summed E-state index contributed by atoms with van der Waals surface area (Å²) in [6, 6.07) is 5.38. The first-order chi connectivity index (χ1) is 10.8. The third-order valence-electron chi connectivity index (χ3n) is 2.93. The van der Waals surface area contributed by atoms with E-state index in [9.17, 15) is 14.0 Å². The highest BCUT2D eigenvalue weighted by atomic mass is 19.1. The van der Waals surface area contributed by atoms with E-state index in [0.29, 0.717) is 0 Å². The number of hydrogen-bond acceptors (Lipinski definition) is 2. The number of rotatable bonds is 3. The van der Waals surface area contributed by atoms with E-state index in [0.717, 1.165) is 18.9 Å². The second-order valence-electron chi connectivity index (χ2n) is 6.14. The Labute approximate surface area is 137 Å². The van der Waals surface area contributed by atoms with Gasteiger partial charge in [-0.15, -0.1) is 5.92 Å². The highest BCUT2D eigenvalue weighted by Crippen LogP contribution is 2.16. The number of carbonyl (C=O) groups excluding carboxylic acids is 2. The molecule has 23 heavy (non-hydrogen) atoms. The molecule has 0 aromatic heterocycles. The predicted molar refractivity (Wildman–Crippen MR) is 87.8 cm³/mol. The average molecular weight is 318 g/mol. The van der Waals surface area contributed by atoms with Crippen LogP contribution in [-0.4, -0.2) is 22.4 Å². The topological polar surface area (TPSA) is 49.4 Å². The first-order valence-corrected chi connectivity index (χ1v) is 7.61. The van der Waals surface area contributed by atoms with Crippen molar-refractivity contribution in [3.8, 4) is 11.8 Å². The minimum atomic E-state index is -0.657. The lowest BCUT2D eigenvalue weighted by Gasteiger charge is -2.35. The van der Waals surface area contributed by atoms with Gasteiger partial charge < -0.3 is 0 Å². The number of hydrazine groups is 1. The summed E-state index contributed by atoms with van der Waals surface area (Å²) < 4.78 is 13.3. The van der Waals surface area contributed by atoms with Gasteiger partial charge in [-0.05, 0) is 45.4 Å². The van der Waals surface area contributed by atoms with Gasteiger partial charge in [0.05, 0.1) is 12.0 Å². The van der Waals surface area contributed by atoms with Gasteiger partial charge in [-0.2, -0.15) is 0 Å². The fraction of sp³-hybridized carbons (Fsp3) is 0.444. The van der Waals surface area contributed by atoms with Crippen molar-refractivity contribution in [1.29, 1.82) is 0 Å². The minimum Gasteiger partial charge on any atom is -0.272 e. The summed E-state index contributed by atoms with van der Waals surface area (Å²) >= 11 is 0. The Hall–Kier alpha value is -2.35. The van der Waals surface area contributed by atoms with E-state index in [1.807, 2.05) is 6.92 Å². The van der Waals surface area contributed by atoms with E-state index in [-0.39, 0.29) is 17.9 Å². The van der Waals surface area contributed by atoms with Crippen LogP contribution < -0.4 is 5.43 Å². The molecule has 0 bridgehead atoms. The molecular weight excluding hydrogens is 295 g/mol. The van der Waals surface area contributed by atoms with Gasteiger partial charge in [0.2, 0.25) is 0 Å². The van der Waals surface area contributed by atoms with Crippen LogP contribution in [0.5, 0.6) is 0 Å². The predicted octanol–water partition coefficient (Wildman–Crippen LogP) is 3.29. The highest BCUT2D eigenvalue weighted by molar-refractivity contribution is 5.96. The van der Waals surface area contributed by atoms with Crippen molar-refractivity contribution < 1.29 is 14.0 Å². The van der Waals surface area contributed by atoms with Crippen LogP contribution in [0.1, 0.15) is 57.3 Å². The van der Waals surface area contributed by atoms with Crippen LogP contribution >= 0.6 is 0 Å². The second-order valence-corrected chi connectivity index (χ2v) is 6.14. The number of nitrogens with zero attached hydrogens (tertiary/aromatic N) is 1. The maximum absolute atomic E-state index is 13.3. The quantitative estimate of drug-likeness (QED) is 0.687.